The molecular weight excluding hydrogens is 456 g/mol. The summed E-state index contributed by atoms with van der Waals surface area (Å²) in [6.07, 6.45) is 11.5. The molecule has 1 aliphatic carbocycles. The fourth-order valence-corrected chi connectivity index (χ4v) is 6.20. The van der Waals surface area contributed by atoms with Gasteiger partial charge in [0.1, 0.15) is 5.01 Å². The standard InChI is InChI=1S/C28H36N4O2S/c1-3-22-14-21(11-12-29-22)28-31-25(18-35-28)26-15-24(27(33)30-16-23-10-7-13-34-23)19(2)32(26)17-20-8-5-4-6-9-20/h11-12,14-15,18,20,23H,3-10,13,16-17H2,1-2H3,(H,30,33). The minimum Gasteiger partial charge on any atom is -0.376 e. The molecule has 1 saturated carbocycles. The molecule has 5 rings (SSSR count). The molecule has 1 amide bonds. The van der Waals surface area contributed by atoms with Crippen LogP contribution in [-0.2, 0) is 17.7 Å². The molecule has 1 saturated heterocycles. The molecule has 6 nitrogen and oxygen atoms in total. The predicted octanol–water partition coefficient (Wildman–Crippen LogP) is 6.03. The van der Waals surface area contributed by atoms with Crippen LogP contribution in [0.25, 0.3) is 22.0 Å². The number of nitrogens with zero attached hydrogens (tertiary/aromatic N) is 3. The number of pyridine rings is 1. The number of aryl methyl sites for hydroxylation is 1. The van der Waals surface area contributed by atoms with Crippen LogP contribution in [0.4, 0.5) is 0 Å². The first-order valence-electron chi connectivity index (χ1n) is 13.1. The lowest BCUT2D eigenvalue weighted by atomic mass is 9.89. The Bertz CT molecular complexity index is 1160. The Morgan fingerprint density at radius 3 is 2.83 bits per heavy atom. The topological polar surface area (TPSA) is 69.0 Å². The zero-order valence-electron chi connectivity index (χ0n) is 20.9. The van der Waals surface area contributed by atoms with Crippen LogP contribution >= 0.6 is 11.3 Å². The number of nitrogens with one attached hydrogen (secondary N) is 1. The summed E-state index contributed by atoms with van der Waals surface area (Å²) in [6, 6.07) is 6.20. The number of carbonyl (C=O) groups is 1. The molecule has 0 spiro atoms. The van der Waals surface area contributed by atoms with Crippen LogP contribution in [0.1, 0.15) is 73.6 Å². The molecule has 1 aliphatic heterocycles. The van der Waals surface area contributed by atoms with E-state index in [9.17, 15) is 4.79 Å². The number of hydrogen-bond donors (Lipinski definition) is 1. The van der Waals surface area contributed by atoms with Crippen molar-refractivity contribution in [3.63, 3.8) is 0 Å². The first-order chi connectivity index (χ1) is 17.1. The van der Waals surface area contributed by atoms with Crippen molar-refractivity contribution in [2.24, 2.45) is 5.92 Å². The maximum atomic E-state index is 13.2. The number of hydrogen-bond acceptors (Lipinski definition) is 5. The van der Waals surface area contributed by atoms with E-state index in [1.165, 1.54) is 32.1 Å². The van der Waals surface area contributed by atoms with Gasteiger partial charge in [0.05, 0.1) is 23.1 Å². The summed E-state index contributed by atoms with van der Waals surface area (Å²) in [6.45, 7) is 6.51. The van der Waals surface area contributed by atoms with Gasteiger partial charge >= 0.3 is 0 Å². The van der Waals surface area contributed by atoms with Crippen LogP contribution in [0, 0.1) is 12.8 Å². The Morgan fingerprint density at radius 2 is 2.06 bits per heavy atom. The Kier molecular flexibility index (Phi) is 7.63. The third-order valence-electron chi connectivity index (χ3n) is 7.48. The maximum absolute atomic E-state index is 13.2. The normalized spacial score (nSPS) is 18.7. The maximum Gasteiger partial charge on any atom is 0.253 e. The van der Waals surface area contributed by atoms with Gasteiger partial charge in [-0.1, -0.05) is 26.2 Å². The fraction of sp³-hybridized carbons (Fsp3) is 0.536. The minimum absolute atomic E-state index is 0.0150. The van der Waals surface area contributed by atoms with E-state index < -0.39 is 0 Å². The molecule has 3 aromatic rings. The minimum atomic E-state index is -0.0150. The number of ether oxygens (including phenoxy) is 1. The van der Waals surface area contributed by atoms with Crippen LogP contribution < -0.4 is 5.32 Å². The summed E-state index contributed by atoms with van der Waals surface area (Å²) in [4.78, 5) is 22.7. The van der Waals surface area contributed by atoms with Crippen molar-refractivity contribution in [3.05, 3.63) is 46.7 Å². The van der Waals surface area contributed by atoms with Crippen LogP contribution in [0.15, 0.2) is 29.8 Å². The second-order valence-electron chi connectivity index (χ2n) is 9.92. The van der Waals surface area contributed by atoms with Gasteiger partial charge in [0.25, 0.3) is 5.91 Å². The molecule has 0 aromatic carbocycles. The van der Waals surface area contributed by atoms with Crippen LogP contribution in [0.3, 0.4) is 0 Å². The smallest absolute Gasteiger partial charge is 0.253 e. The average Bonchev–Trinajstić information content (AvgIpc) is 3.65. The van der Waals surface area contributed by atoms with Gasteiger partial charge in [-0.3, -0.25) is 9.78 Å². The molecule has 0 bridgehead atoms. The third-order valence-corrected chi connectivity index (χ3v) is 8.37. The Morgan fingerprint density at radius 1 is 1.20 bits per heavy atom. The first kappa shape index (κ1) is 24.2. The average molecular weight is 493 g/mol. The van der Waals surface area contributed by atoms with E-state index in [-0.39, 0.29) is 12.0 Å². The van der Waals surface area contributed by atoms with Gasteiger partial charge in [-0.25, -0.2) is 4.98 Å². The highest BCUT2D eigenvalue weighted by molar-refractivity contribution is 7.13. The van der Waals surface area contributed by atoms with Crippen molar-refractivity contribution in [2.45, 2.75) is 77.9 Å². The summed E-state index contributed by atoms with van der Waals surface area (Å²) < 4.78 is 8.04. The second kappa shape index (κ2) is 11.0. The molecule has 186 valence electrons. The molecular formula is C28H36N4O2S. The zero-order valence-corrected chi connectivity index (χ0v) is 21.7. The highest BCUT2D eigenvalue weighted by Crippen LogP contribution is 2.34. The molecule has 35 heavy (non-hydrogen) atoms. The molecule has 2 fully saturated rings. The van der Waals surface area contributed by atoms with Gasteiger partial charge in [0.15, 0.2) is 0 Å². The van der Waals surface area contributed by atoms with E-state index in [1.54, 1.807) is 11.3 Å². The lowest BCUT2D eigenvalue weighted by Gasteiger charge is -2.24. The number of rotatable bonds is 8. The van der Waals surface area contributed by atoms with Crippen molar-refractivity contribution in [1.82, 2.24) is 19.9 Å². The molecule has 1 N–H and O–H groups in total. The van der Waals surface area contributed by atoms with Gasteiger partial charge < -0.3 is 14.6 Å². The highest BCUT2D eigenvalue weighted by Gasteiger charge is 2.24. The van der Waals surface area contributed by atoms with Crippen molar-refractivity contribution in [2.75, 3.05) is 13.2 Å². The van der Waals surface area contributed by atoms with Crippen molar-refractivity contribution in [1.29, 1.82) is 0 Å². The van der Waals surface area contributed by atoms with E-state index >= 15 is 0 Å². The lowest BCUT2D eigenvalue weighted by Crippen LogP contribution is -2.32. The summed E-state index contributed by atoms with van der Waals surface area (Å²) in [5.41, 5.74) is 5.94. The Hall–Kier alpha value is -2.51. The molecule has 7 heteroatoms. The molecule has 1 unspecified atom stereocenters. The summed E-state index contributed by atoms with van der Waals surface area (Å²) in [5, 5.41) is 6.24. The van der Waals surface area contributed by atoms with Gasteiger partial charge in [-0.2, -0.15) is 0 Å². The van der Waals surface area contributed by atoms with Crippen molar-refractivity contribution in [3.8, 4) is 22.0 Å². The van der Waals surface area contributed by atoms with Gasteiger partial charge in [-0.05, 0) is 63.1 Å². The Labute approximate surface area is 212 Å². The first-order valence-corrected chi connectivity index (χ1v) is 14.0. The molecule has 2 aliphatic rings. The van der Waals surface area contributed by atoms with E-state index in [4.69, 9.17) is 9.72 Å². The monoisotopic (exact) mass is 492 g/mol. The zero-order chi connectivity index (χ0) is 24.2. The molecule has 3 aromatic heterocycles. The SMILES string of the molecule is CCc1cc(-c2nc(-c3cc(C(=O)NCC4CCCO4)c(C)n3CC3CCCCC3)cs2)ccn1. The second-order valence-corrected chi connectivity index (χ2v) is 10.8. The third kappa shape index (κ3) is 5.51. The van der Waals surface area contributed by atoms with Crippen molar-refractivity contribution < 1.29 is 9.53 Å². The number of thiazole rings is 1. The van der Waals surface area contributed by atoms with E-state index in [0.717, 1.165) is 71.3 Å². The number of amides is 1. The molecule has 1 atom stereocenters. The highest BCUT2D eigenvalue weighted by atomic mass is 32.1. The van der Waals surface area contributed by atoms with Crippen LogP contribution in [0.2, 0.25) is 0 Å². The van der Waals surface area contributed by atoms with E-state index in [1.807, 2.05) is 18.3 Å². The Balaban J connectivity index is 1.44. The number of carbonyl (C=O) groups excluding carboxylic acids is 1. The van der Waals surface area contributed by atoms with E-state index in [2.05, 4.69) is 40.2 Å². The predicted molar refractivity (Wildman–Crippen MR) is 141 cm³/mol. The van der Waals surface area contributed by atoms with E-state index in [0.29, 0.717) is 12.5 Å². The quantitative estimate of drug-likeness (QED) is 0.417. The molecule has 4 heterocycles. The van der Waals surface area contributed by atoms with Gasteiger partial charge in [0.2, 0.25) is 0 Å². The summed E-state index contributed by atoms with van der Waals surface area (Å²) in [7, 11) is 0. The van der Waals surface area contributed by atoms with Gasteiger partial charge in [-0.15, -0.1) is 11.3 Å². The fourth-order valence-electron chi connectivity index (χ4n) is 5.39. The largest absolute Gasteiger partial charge is 0.376 e. The lowest BCUT2D eigenvalue weighted by molar-refractivity contribution is 0.0857. The molecule has 0 radical (unpaired) electrons. The van der Waals surface area contributed by atoms with Gasteiger partial charge in [0, 0.05) is 48.2 Å². The summed E-state index contributed by atoms with van der Waals surface area (Å²) >= 11 is 1.65. The number of aromatic nitrogens is 3. The van der Waals surface area contributed by atoms with Crippen LogP contribution in [-0.4, -0.2) is 39.7 Å². The van der Waals surface area contributed by atoms with Crippen LogP contribution in [0.5, 0.6) is 0 Å². The summed E-state index contributed by atoms with van der Waals surface area (Å²) in [5.74, 6) is 0.639. The van der Waals surface area contributed by atoms with Crippen molar-refractivity contribution >= 4 is 17.2 Å².